The summed E-state index contributed by atoms with van der Waals surface area (Å²) < 4.78 is 24.0. The Hall–Kier alpha value is -1.13. The summed E-state index contributed by atoms with van der Waals surface area (Å²) in [7, 11) is 3.20. The zero-order valence-corrected chi connectivity index (χ0v) is 11.0. The number of nitrogens with one attached hydrogen (secondary N) is 1. The summed E-state index contributed by atoms with van der Waals surface area (Å²) in [6, 6.07) is 3.22. The number of hydrogen-bond donors (Lipinski definition) is 1. The maximum Gasteiger partial charge on any atom is 0.127 e. The molecule has 1 unspecified atom stereocenters. The van der Waals surface area contributed by atoms with E-state index in [4.69, 9.17) is 9.47 Å². The molecule has 1 aliphatic heterocycles. The van der Waals surface area contributed by atoms with E-state index in [1.54, 1.807) is 14.2 Å². The van der Waals surface area contributed by atoms with Gasteiger partial charge in [-0.3, -0.25) is 0 Å². The largest absolute Gasteiger partial charge is 0.496 e. The third-order valence-electron chi connectivity index (χ3n) is 3.37. The first-order valence-electron chi connectivity index (χ1n) is 6.35. The smallest absolute Gasteiger partial charge is 0.127 e. The number of rotatable bonds is 4. The summed E-state index contributed by atoms with van der Waals surface area (Å²) in [6.45, 7) is 1.40. The van der Waals surface area contributed by atoms with Crippen molar-refractivity contribution >= 4 is 0 Å². The van der Waals surface area contributed by atoms with Crippen LogP contribution in [0.3, 0.4) is 0 Å². The molecule has 0 bridgehead atoms. The van der Waals surface area contributed by atoms with Gasteiger partial charge in [0.15, 0.2) is 0 Å². The summed E-state index contributed by atoms with van der Waals surface area (Å²) in [5.74, 6) is 0.333. The molecule has 1 aliphatic rings. The Morgan fingerprint density at radius 2 is 2.17 bits per heavy atom. The van der Waals surface area contributed by atoms with Gasteiger partial charge in [0.1, 0.15) is 11.6 Å². The molecule has 18 heavy (non-hydrogen) atoms. The fourth-order valence-corrected chi connectivity index (χ4v) is 2.58. The van der Waals surface area contributed by atoms with E-state index in [9.17, 15) is 4.39 Å². The van der Waals surface area contributed by atoms with Crippen molar-refractivity contribution < 1.29 is 13.9 Å². The van der Waals surface area contributed by atoms with Gasteiger partial charge in [0, 0.05) is 24.8 Å². The molecule has 4 heteroatoms. The fourth-order valence-electron chi connectivity index (χ4n) is 2.58. The van der Waals surface area contributed by atoms with Crippen LogP contribution >= 0.6 is 0 Å². The maximum atomic E-state index is 13.5. The lowest BCUT2D eigenvalue weighted by Crippen LogP contribution is -2.28. The van der Waals surface area contributed by atoms with Gasteiger partial charge in [0.25, 0.3) is 0 Å². The lowest BCUT2D eigenvalue weighted by atomic mass is 9.93. The van der Waals surface area contributed by atoms with E-state index in [2.05, 4.69) is 5.32 Å². The first kappa shape index (κ1) is 13.3. The second-order valence-corrected chi connectivity index (χ2v) is 4.62. The average Bonchev–Trinajstić information content (AvgIpc) is 2.39. The monoisotopic (exact) mass is 253 g/mol. The summed E-state index contributed by atoms with van der Waals surface area (Å²) in [5.41, 5.74) is 1.91. The number of methoxy groups -OCH3 is 2. The van der Waals surface area contributed by atoms with Crippen LogP contribution in [0.4, 0.5) is 4.39 Å². The van der Waals surface area contributed by atoms with Crippen LogP contribution in [0.25, 0.3) is 0 Å². The zero-order valence-electron chi connectivity index (χ0n) is 11.0. The van der Waals surface area contributed by atoms with E-state index in [1.165, 1.54) is 25.0 Å². The van der Waals surface area contributed by atoms with Crippen molar-refractivity contribution in [1.29, 1.82) is 0 Å². The van der Waals surface area contributed by atoms with Crippen molar-refractivity contribution in [2.45, 2.75) is 31.9 Å². The minimum atomic E-state index is -0.279. The third kappa shape index (κ3) is 2.82. The molecule has 1 atom stereocenters. The molecule has 2 rings (SSSR count). The summed E-state index contributed by atoms with van der Waals surface area (Å²) in [5, 5.41) is 3.47. The van der Waals surface area contributed by atoms with Crippen LogP contribution in [0.15, 0.2) is 12.1 Å². The van der Waals surface area contributed by atoms with Gasteiger partial charge in [-0.15, -0.1) is 0 Å². The summed E-state index contributed by atoms with van der Waals surface area (Å²) in [6.07, 6.45) is 3.43. The van der Waals surface area contributed by atoms with Crippen LogP contribution in [0.5, 0.6) is 5.75 Å². The van der Waals surface area contributed by atoms with Crippen LogP contribution in [0, 0.1) is 5.82 Å². The molecule has 1 fully saturated rings. The molecule has 1 aromatic rings. The molecule has 3 nitrogen and oxygen atoms in total. The molecule has 1 heterocycles. The van der Waals surface area contributed by atoms with Gasteiger partial charge in [-0.1, -0.05) is 6.42 Å². The molecule has 0 radical (unpaired) electrons. The molecule has 0 aliphatic carbocycles. The molecule has 100 valence electrons. The van der Waals surface area contributed by atoms with Crippen LogP contribution in [0.1, 0.15) is 36.4 Å². The lowest BCUT2D eigenvalue weighted by Gasteiger charge is -2.27. The lowest BCUT2D eigenvalue weighted by molar-refractivity contribution is 0.182. The highest BCUT2D eigenvalue weighted by Gasteiger charge is 2.22. The SMILES string of the molecule is COCc1cc(F)cc(OC)c1C1CCCCN1. The zero-order chi connectivity index (χ0) is 13.0. The van der Waals surface area contributed by atoms with Gasteiger partial charge in [-0.2, -0.15) is 0 Å². The fraction of sp³-hybridized carbons (Fsp3) is 0.571. The molecule has 0 saturated carbocycles. The van der Waals surface area contributed by atoms with Crippen LogP contribution < -0.4 is 10.1 Å². The average molecular weight is 253 g/mol. The molecular formula is C14H20FNO2. The molecule has 0 amide bonds. The molecule has 0 spiro atoms. The number of hydrogen-bond acceptors (Lipinski definition) is 3. The minimum absolute atomic E-state index is 0.236. The van der Waals surface area contributed by atoms with Crippen molar-refractivity contribution in [3.63, 3.8) is 0 Å². The van der Waals surface area contributed by atoms with E-state index in [0.717, 1.165) is 24.1 Å². The van der Waals surface area contributed by atoms with E-state index >= 15 is 0 Å². The predicted molar refractivity (Wildman–Crippen MR) is 68.3 cm³/mol. The first-order valence-corrected chi connectivity index (χ1v) is 6.35. The Morgan fingerprint density at radius 1 is 1.33 bits per heavy atom. The Morgan fingerprint density at radius 3 is 2.78 bits per heavy atom. The minimum Gasteiger partial charge on any atom is -0.496 e. The van der Waals surface area contributed by atoms with Crippen molar-refractivity contribution in [3.05, 3.63) is 29.1 Å². The van der Waals surface area contributed by atoms with Gasteiger partial charge in [-0.05, 0) is 31.0 Å². The van der Waals surface area contributed by atoms with Crippen LogP contribution in [0.2, 0.25) is 0 Å². The van der Waals surface area contributed by atoms with E-state index < -0.39 is 0 Å². The highest BCUT2D eigenvalue weighted by atomic mass is 19.1. The van der Waals surface area contributed by atoms with Gasteiger partial charge in [0.05, 0.1) is 13.7 Å². The Kier molecular flexibility index (Phi) is 4.55. The van der Waals surface area contributed by atoms with Crippen molar-refractivity contribution in [3.8, 4) is 5.75 Å². The highest BCUT2D eigenvalue weighted by molar-refractivity contribution is 5.43. The van der Waals surface area contributed by atoms with Crippen LogP contribution in [-0.2, 0) is 11.3 Å². The van der Waals surface area contributed by atoms with Crippen molar-refractivity contribution in [1.82, 2.24) is 5.32 Å². The second-order valence-electron chi connectivity index (χ2n) is 4.62. The number of piperidine rings is 1. The predicted octanol–water partition coefficient (Wildman–Crippen LogP) is 2.80. The topological polar surface area (TPSA) is 30.5 Å². The van der Waals surface area contributed by atoms with Gasteiger partial charge >= 0.3 is 0 Å². The highest BCUT2D eigenvalue weighted by Crippen LogP contribution is 2.34. The second kappa shape index (κ2) is 6.16. The van der Waals surface area contributed by atoms with Gasteiger partial charge in [0.2, 0.25) is 0 Å². The maximum absolute atomic E-state index is 13.5. The van der Waals surface area contributed by atoms with Gasteiger partial charge < -0.3 is 14.8 Å². The Bertz CT molecular complexity index is 403. The number of benzene rings is 1. The van der Waals surface area contributed by atoms with Gasteiger partial charge in [-0.25, -0.2) is 4.39 Å². The summed E-state index contributed by atoms with van der Waals surface area (Å²) >= 11 is 0. The molecule has 1 saturated heterocycles. The third-order valence-corrected chi connectivity index (χ3v) is 3.37. The Balaban J connectivity index is 2.39. The Labute approximate surface area is 107 Å². The van der Waals surface area contributed by atoms with Crippen molar-refractivity contribution in [2.24, 2.45) is 0 Å². The number of halogens is 1. The molecular weight excluding hydrogens is 233 g/mol. The molecule has 1 aromatic carbocycles. The normalized spacial score (nSPS) is 19.8. The van der Waals surface area contributed by atoms with E-state index in [1.807, 2.05) is 0 Å². The van der Waals surface area contributed by atoms with E-state index in [-0.39, 0.29) is 11.9 Å². The molecule has 0 aromatic heterocycles. The standard InChI is InChI=1S/C14H20FNO2/c1-17-9-10-7-11(15)8-13(18-2)14(10)12-5-3-4-6-16-12/h7-8,12,16H,3-6,9H2,1-2H3. The first-order chi connectivity index (χ1) is 8.76. The van der Waals surface area contributed by atoms with Crippen molar-refractivity contribution in [2.75, 3.05) is 20.8 Å². The van der Waals surface area contributed by atoms with E-state index in [0.29, 0.717) is 12.4 Å². The van der Waals surface area contributed by atoms with Crippen LogP contribution in [-0.4, -0.2) is 20.8 Å². The molecule has 1 N–H and O–H groups in total. The summed E-state index contributed by atoms with van der Waals surface area (Å²) in [4.78, 5) is 0. The number of ether oxygens (including phenoxy) is 2. The quantitative estimate of drug-likeness (QED) is 0.895.